The van der Waals surface area contributed by atoms with Crippen LogP contribution in [0, 0.1) is 5.92 Å². The van der Waals surface area contributed by atoms with Crippen molar-refractivity contribution in [2.24, 2.45) is 5.92 Å². The summed E-state index contributed by atoms with van der Waals surface area (Å²) in [5.41, 5.74) is 1.75. The van der Waals surface area contributed by atoms with Gasteiger partial charge in [-0.25, -0.2) is 0 Å². The maximum Gasteiger partial charge on any atom is 0.0306 e. The SMILES string of the molecule is CCCNCC1(c2cccnc2)CCCC1C. The lowest BCUT2D eigenvalue weighted by molar-refractivity contribution is 0.317. The van der Waals surface area contributed by atoms with Gasteiger partial charge < -0.3 is 5.32 Å². The minimum Gasteiger partial charge on any atom is -0.316 e. The third kappa shape index (κ3) is 2.52. The minimum absolute atomic E-state index is 0.323. The molecular formula is C15H24N2. The van der Waals surface area contributed by atoms with Crippen LogP contribution in [0.15, 0.2) is 24.5 Å². The number of aromatic nitrogens is 1. The van der Waals surface area contributed by atoms with Gasteiger partial charge >= 0.3 is 0 Å². The second kappa shape index (κ2) is 5.63. The van der Waals surface area contributed by atoms with Crippen molar-refractivity contribution in [2.45, 2.75) is 44.9 Å². The Hall–Kier alpha value is -0.890. The van der Waals surface area contributed by atoms with Crippen LogP contribution in [0.25, 0.3) is 0 Å². The Labute approximate surface area is 105 Å². The van der Waals surface area contributed by atoms with E-state index < -0.39 is 0 Å². The zero-order chi connectivity index (χ0) is 12.1. The first-order valence-corrected chi connectivity index (χ1v) is 6.91. The summed E-state index contributed by atoms with van der Waals surface area (Å²) in [6, 6.07) is 4.32. The highest BCUT2D eigenvalue weighted by Crippen LogP contribution is 2.44. The van der Waals surface area contributed by atoms with Crippen molar-refractivity contribution < 1.29 is 0 Å². The van der Waals surface area contributed by atoms with Crippen LogP contribution < -0.4 is 5.32 Å². The molecule has 0 amide bonds. The topological polar surface area (TPSA) is 24.9 Å². The first-order chi connectivity index (χ1) is 8.29. The van der Waals surface area contributed by atoms with Gasteiger partial charge in [-0.1, -0.05) is 26.3 Å². The zero-order valence-electron chi connectivity index (χ0n) is 11.1. The normalized spacial score (nSPS) is 28.5. The van der Waals surface area contributed by atoms with Crippen LogP contribution >= 0.6 is 0 Å². The molecule has 1 N–H and O–H groups in total. The Kier molecular flexibility index (Phi) is 4.16. The average Bonchev–Trinajstić information content (AvgIpc) is 2.74. The Balaban J connectivity index is 2.18. The van der Waals surface area contributed by atoms with Crippen LogP contribution in [0.5, 0.6) is 0 Å². The van der Waals surface area contributed by atoms with Gasteiger partial charge in [0.15, 0.2) is 0 Å². The van der Waals surface area contributed by atoms with E-state index in [-0.39, 0.29) is 0 Å². The maximum absolute atomic E-state index is 4.31. The van der Waals surface area contributed by atoms with Crippen molar-refractivity contribution in [3.05, 3.63) is 30.1 Å². The van der Waals surface area contributed by atoms with Crippen LogP contribution in [0.2, 0.25) is 0 Å². The van der Waals surface area contributed by atoms with Crippen molar-refractivity contribution >= 4 is 0 Å². The summed E-state index contributed by atoms with van der Waals surface area (Å²) >= 11 is 0. The molecule has 0 radical (unpaired) electrons. The number of nitrogens with one attached hydrogen (secondary N) is 1. The summed E-state index contributed by atoms with van der Waals surface area (Å²) in [6.45, 7) is 6.85. The highest BCUT2D eigenvalue weighted by Gasteiger charge is 2.41. The highest BCUT2D eigenvalue weighted by atomic mass is 14.9. The number of nitrogens with zero attached hydrogens (tertiary/aromatic N) is 1. The molecule has 2 rings (SSSR count). The lowest BCUT2D eigenvalue weighted by Crippen LogP contribution is -2.40. The van der Waals surface area contributed by atoms with Crippen molar-refractivity contribution in [3.63, 3.8) is 0 Å². The molecule has 2 heteroatoms. The molecule has 1 saturated carbocycles. The molecule has 2 unspecified atom stereocenters. The molecule has 0 spiro atoms. The van der Waals surface area contributed by atoms with Gasteiger partial charge in [0.05, 0.1) is 0 Å². The number of hydrogen-bond acceptors (Lipinski definition) is 2. The van der Waals surface area contributed by atoms with Gasteiger partial charge in [-0.3, -0.25) is 4.98 Å². The molecule has 1 aliphatic rings. The molecule has 1 heterocycles. The fraction of sp³-hybridized carbons (Fsp3) is 0.667. The Bertz CT molecular complexity index is 336. The van der Waals surface area contributed by atoms with Gasteiger partial charge in [-0.15, -0.1) is 0 Å². The first-order valence-electron chi connectivity index (χ1n) is 6.91. The van der Waals surface area contributed by atoms with E-state index in [1.165, 1.54) is 31.2 Å². The van der Waals surface area contributed by atoms with Gasteiger partial charge in [0.2, 0.25) is 0 Å². The summed E-state index contributed by atoms with van der Waals surface area (Å²) in [7, 11) is 0. The van der Waals surface area contributed by atoms with E-state index in [2.05, 4.69) is 42.5 Å². The first kappa shape index (κ1) is 12.6. The molecule has 0 bridgehead atoms. The Morgan fingerprint density at radius 2 is 2.41 bits per heavy atom. The number of hydrogen-bond donors (Lipinski definition) is 1. The molecule has 0 aromatic carbocycles. The molecule has 2 nitrogen and oxygen atoms in total. The fourth-order valence-electron chi connectivity index (χ4n) is 3.19. The predicted molar refractivity (Wildman–Crippen MR) is 72.1 cm³/mol. The van der Waals surface area contributed by atoms with Crippen LogP contribution in [-0.4, -0.2) is 18.1 Å². The lowest BCUT2D eigenvalue weighted by atomic mass is 9.73. The summed E-state index contributed by atoms with van der Waals surface area (Å²) in [6.07, 6.45) is 9.15. The van der Waals surface area contributed by atoms with Crippen molar-refractivity contribution in [1.29, 1.82) is 0 Å². The lowest BCUT2D eigenvalue weighted by Gasteiger charge is -2.34. The molecule has 94 valence electrons. The van der Waals surface area contributed by atoms with E-state index in [4.69, 9.17) is 0 Å². The molecule has 1 fully saturated rings. The third-order valence-electron chi connectivity index (χ3n) is 4.31. The Morgan fingerprint density at radius 1 is 1.53 bits per heavy atom. The molecule has 17 heavy (non-hydrogen) atoms. The maximum atomic E-state index is 4.31. The van der Waals surface area contributed by atoms with E-state index in [9.17, 15) is 0 Å². The van der Waals surface area contributed by atoms with Crippen molar-refractivity contribution in [2.75, 3.05) is 13.1 Å². The Morgan fingerprint density at radius 3 is 3.00 bits per heavy atom. The van der Waals surface area contributed by atoms with Crippen molar-refractivity contribution in [1.82, 2.24) is 10.3 Å². The van der Waals surface area contributed by atoms with Crippen LogP contribution in [0.3, 0.4) is 0 Å². The second-order valence-corrected chi connectivity index (χ2v) is 5.37. The standard InChI is InChI=1S/C15H24N2/c1-3-9-17-12-15(8-4-6-13(15)2)14-7-5-10-16-11-14/h5,7,10-11,13,17H,3-4,6,8-9,12H2,1-2H3. The third-order valence-corrected chi connectivity index (χ3v) is 4.31. The average molecular weight is 232 g/mol. The van der Waals surface area contributed by atoms with E-state index in [1.807, 2.05) is 6.20 Å². The largest absolute Gasteiger partial charge is 0.316 e. The van der Waals surface area contributed by atoms with Gasteiger partial charge in [-0.2, -0.15) is 0 Å². The predicted octanol–water partition coefficient (Wildman–Crippen LogP) is 3.14. The number of pyridine rings is 1. The van der Waals surface area contributed by atoms with Gasteiger partial charge in [0.1, 0.15) is 0 Å². The quantitative estimate of drug-likeness (QED) is 0.789. The zero-order valence-corrected chi connectivity index (χ0v) is 11.1. The summed E-state index contributed by atoms with van der Waals surface area (Å²) in [5, 5.41) is 3.62. The molecule has 2 atom stereocenters. The molecule has 1 aliphatic carbocycles. The van der Waals surface area contributed by atoms with Gasteiger partial charge in [-0.05, 0) is 43.4 Å². The molecule has 1 aromatic rings. The summed E-state index contributed by atoms with van der Waals surface area (Å²) in [4.78, 5) is 4.31. The summed E-state index contributed by atoms with van der Waals surface area (Å²) in [5.74, 6) is 0.760. The molecule has 1 aromatic heterocycles. The van der Waals surface area contributed by atoms with E-state index in [1.54, 1.807) is 0 Å². The van der Waals surface area contributed by atoms with E-state index in [0.29, 0.717) is 5.41 Å². The summed E-state index contributed by atoms with van der Waals surface area (Å²) < 4.78 is 0. The van der Waals surface area contributed by atoms with Crippen LogP contribution in [0.4, 0.5) is 0 Å². The molecule has 0 aliphatic heterocycles. The van der Waals surface area contributed by atoms with Gasteiger partial charge in [0, 0.05) is 24.4 Å². The van der Waals surface area contributed by atoms with Crippen molar-refractivity contribution in [3.8, 4) is 0 Å². The monoisotopic (exact) mass is 232 g/mol. The van der Waals surface area contributed by atoms with Crippen LogP contribution in [0.1, 0.15) is 45.1 Å². The molecular weight excluding hydrogens is 208 g/mol. The van der Waals surface area contributed by atoms with Gasteiger partial charge in [0.25, 0.3) is 0 Å². The minimum atomic E-state index is 0.323. The fourth-order valence-corrected chi connectivity index (χ4v) is 3.19. The number of rotatable bonds is 5. The second-order valence-electron chi connectivity index (χ2n) is 5.37. The van der Waals surface area contributed by atoms with E-state index >= 15 is 0 Å². The van der Waals surface area contributed by atoms with Crippen LogP contribution in [-0.2, 0) is 5.41 Å². The van der Waals surface area contributed by atoms with E-state index in [0.717, 1.165) is 19.0 Å². The highest BCUT2D eigenvalue weighted by molar-refractivity contribution is 5.25. The smallest absolute Gasteiger partial charge is 0.0306 e. The molecule has 0 saturated heterocycles.